The van der Waals surface area contributed by atoms with E-state index < -0.39 is 5.60 Å². The molecule has 2 amide bonds. The third-order valence-electron chi connectivity index (χ3n) is 6.71. The Morgan fingerprint density at radius 3 is 2.47 bits per heavy atom. The number of hydrogen-bond donors (Lipinski definition) is 0. The molecule has 3 aliphatic rings. The average Bonchev–Trinajstić information content (AvgIpc) is 3.08. The molecule has 0 radical (unpaired) electrons. The summed E-state index contributed by atoms with van der Waals surface area (Å²) in [6, 6.07) is 5.96. The Morgan fingerprint density at radius 2 is 1.83 bits per heavy atom. The molecule has 3 aliphatic heterocycles. The Labute approximate surface area is 178 Å². The summed E-state index contributed by atoms with van der Waals surface area (Å²) >= 11 is 0. The van der Waals surface area contributed by atoms with Gasteiger partial charge in [-0.1, -0.05) is 6.07 Å². The monoisotopic (exact) mass is 415 g/mol. The van der Waals surface area contributed by atoms with Gasteiger partial charge >= 0.3 is 6.09 Å². The van der Waals surface area contributed by atoms with Crippen LogP contribution in [0.25, 0.3) is 0 Å². The maximum absolute atomic E-state index is 12.6. The van der Waals surface area contributed by atoms with Crippen LogP contribution in [0.15, 0.2) is 24.4 Å². The van der Waals surface area contributed by atoms with Gasteiger partial charge in [-0.15, -0.1) is 0 Å². The molecule has 164 valence electrons. The van der Waals surface area contributed by atoms with E-state index in [4.69, 9.17) is 4.74 Å². The van der Waals surface area contributed by atoms with Gasteiger partial charge in [0.15, 0.2) is 0 Å². The summed E-state index contributed by atoms with van der Waals surface area (Å²) in [6.07, 6.45) is 2.79. The van der Waals surface area contributed by atoms with Crippen molar-refractivity contribution in [1.29, 1.82) is 0 Å². The first-order valence-electron chi connectivity index (χ1n) is 11.1. The zero-order valence-corrected chi connectivity index (χ0v) is 18.1. The fourth-order valence-electron chi connectivity index (χ4n) is 4.66. The zero-order chi connectivity index (χ0) is 21.1. The third-order valence-corrected chi connectivity index (χ3v) is 6.71. The normalized spacial score (nSPS) is 22.7. The minimum absolute atomic E-state index is 0.0489. The number of hydrogen-bond acceptors (Lipinski definition) is 6. The maximum atomic E-state index is 12.6. The highest BCUT2D eigenvalue weighted by Crippen LogP contribution is 2.33. The van der Waals surface area contributed by atoms with Crippen molar-refractivity contribution in [3.8, 4) is 0 Å². The lowest BCUT2D eigenvalue weighted by atomic mass is 9.91. The van der Waals surface area contributed by atoms with Gasteiger partial charge in [0.25, 0.3) is 5.91 Å². The van der Waals surface area contributed by atoms with Gasteiger partial charge in [-0.3, -0.25) is 19.6 Å². The van der Waals surface area contributed by atoms with E-state index in [0.29, 0.717) is 50.8 Å². The SMILES string of the molecule is CC(C)N1CCN(CCN2CC3(CCN(C(=O)c4ccccn4)CC3)OC2=O)CC1. The topological polar surface area (TPSA) is 69.2 Å². The number of rotatable bonds is 5. The Kier molecular flexibility index (Phi) is 6.24. The second kappa shape index (κ2) is 8.89. The van der Waals surface area contributed by atoms with Gasteiger partial charge in [0.1, 0.15) is 11.3 Å². The van der Waals surface area contributed by atoms with Crippen molar-refractivity contribution in [3.05, 3.63) is 30.1 Å². The van der Waals surface area contributed by atoms with Gasteiger partial charge in [-0.05, 0) is 26.0 Å². The number of amides is 2. The number of pyridine rings is 1. The number of carbonyl (C=O) groups excluding carboxylic acids is 2. The van der Waals surface area contributed by atoms with Gasteiger partial charge < -0.3 is 14.5 Å². The fraction of sp³-hybridized carbons (Fsp3) is 0.682. The smallest absolute Gasteiger partial charge is 0.410 e. The lowest BCUT2D eigenvalue weighted by Crippen LogP contribution is -2.51. The molecule has 4 rings (SSSR count). The molecule has 0 N–H and O–H groups in total. The van der Waals surface area contributed by atoms with Crippen molar-refractivity contribution in [2.45, 2.75) is 38.3 Å². The zero-order valence-electron chi connectivity index (χ0n) is 18.1. The van der Waals surface area contributed by atoms with Gasteiger partial charge in [-0.2, -0.15) is 0 Å². The molecule has 0 aromatic carbocycles. The van der Waals surface area contributed by atoms with E-state index in [1.165, 1.54) is 0 Å². The molecule has 4 heterocycles. The van der Waals surface area contributed by atoms with Crippen LogP contribution in [-0.2, 0) is 4.74 Å². The standard InChI is InChI=1S/C22H33N5O3/c1-18(2)25-14-11-24(12-15-25)13-16-27-17-22(30-21(27)29)6-9-26(10-7-22)20(28)19-5-3-4-8-23-19/h3-5,8,18H,6-7,9-17H2,1-2H3. The first-order chi connectivity index (χ1) is 14.5. The van der Waals surface area contributed by atoms with E-state index in [1.54, 1.807) is 18.3 Å². The molecule has 0 bridgehead atoms. The highest BCUT2D eigenvalue weighted by Gasteiger charge is 2.47. The Bertz CT molecular complexity index is 740. The van der Waals surface area contributed by atoms with Gasteiger partial charge in [0.2, 0.25) is 0 Å². The number of piperazine rings is 1. The highest BCUT2D eigenvalue weighted by molar-refractivity contribution is 5.92. The van der Waals surface area contributed by atoms with Crippen LogP contribution in [0.2, 0.25) is 0 Å². The van der Waals surface area contributed by atoms with E-state index in [1.807, 2.05) is 15.9 Å². The number of nitrogens with zero attached hydrogens (tertiary/aromatic N) is 5. The summed E-state index contributed by atoms with van der Waals surface area (Å²) in [7, 11) is 0. The van der Waals surface area contributed by atoms with Crippen LogP contribution in [0.3, 0.4) is 0 Å². The molecule has 0 atom stereocenters. The summed E-state index contributed by atoms with van der Waals surface area (Å²) in [5.41, 5.74) is 0.0185. The van der Waals surface area contributed by atoms with Crippen LogP contribution in [0.1, 0.15) is 37.2 Å². The van der Waals surface area contributed by atoms with Crippen molar-refractivity contribution in [2.75, 3.05) is 58.9 Å². The second-order valence-corrected chi connectivity index (χ2v) is 8.95. The predicted molar refractivity (Wildman–Crippen MR) is 113 cm³/mol. The molecule has 1 aromatic heterocycles. The number of carbonyl (C=O) groups is 2. The number of aromatic nitrogens is 1. The Hall–Kier alpha value is -2.19. The minimum atomic E-state index is -0.450. The largest absolute Gasteiger partial charge is 0.441 e. The molecular weight excluding hydrogens is 382 g/mol. The summed E-state index contributed by atoms with van der Waals surface area (Å²) in [6.45, 7) is 12.2. The molecule has 0 saturated carbocycles. The van der Waals surface area contributed by atoms with E-state index in [-0.39, 0.29) is 12.0 Å². The van der Waals surface area contributed by atoms with E-state index in [2.05, 4.69) is 28.6 Å². The van der Waals surface area contributed by atoms with Gasteiger partial charge in [0.05, 0.1) is 6.54 Å². The van der Waals surface area contributed by atoms with Crippen LogP contribution in [0.4, 0.5) is 4.79 Å². The quantitative estimate of drug-likeness (QED) is 0.727. The summed E-state index contributed by atoms with van der Waals surface area (Å²) in [5.74, 6) is -0.0489. The molecule has 0 unspecified atom stereocenters. The van der Waals surface area contributed by atoms with Crippen molar-refractivity contribution >= 4 is 12.0 Å². The van der Waals surface area contributed by atoms with Crippen LogP contribution >= 0.6 is 0 Å². The summed E-state index contributed by atoms with van der Waals surface area (Å²) in [5, 5.41) is 0. The number of likely N-dealkylation sites (tertiary alicyclic amines) is 1. The minimum Gasteiger partial charge on any atom is -0.441 e. The van der Waals surface area contributed by atoms with Crippen LogP contribution in [0.5, 0.6) is 0 Å². The summed E-state index contributed by atoms with van der Waals surface area (Å²) < 4.78 is 5.83. The maximum Gasteiger partial charge on any atom is 0.410 e. The lowest BCUT2D eigenvalue weighted by Gasteiger charge is -2.38. The Balaban J connectivity index is 1.24. The number of ether oxygens (including phenoxy) is 1. The van der Waals surface area contributed by atoms with Gasteiger partial charge in [0, 0.05) is 77.4 Å². The highest BCUT2D eigenvalue weighted by atomic mass is 16.6. The van der Waals surface area contributed by atoms with Crippen LogP contribution < -0.4 is 0 Å². The van der Waals surface area contributed by atoms with Gasteiger partial charge in [-0.25, -0.2) is 4.79 Å². The van der Waals surface area contributed by atoms with E-state index >= 15 is 0 Å². The first kappa shape index (κ1) is 21.1. The van der Waals surface area contributed by atoms with Crippen molar-refractivity contribution in [3.63, 3.8) is 0 Å². The molecule has 30 heavy (non-hydrogen) atoms. The molecule has 0 aliphatic carbocycles. The summed E-state index contributed by atoms with van der Waals surface area (Å²) in [4.78, 5) is 37.9. The predicted octanol–water partition coefficient (Wildman–Crippen LogP) is 1.53. The van der Waals surface area contributed by atoms with Crippen LogP contribution in [-0.4, -0.2) is 107 Å². The molecule has 1 spiro atoms. The van der Waals surface area contributed by atoms with Crippen molar-refractivity contribution in [1.82, 2.24) is 24.6 Å². The molecule has 3 fully saturated rings. The first-order valence-corrected chi connectivity index (χ1v) is 11.1. The molecule has 3 saturated heterocycles. The molecule has 8 heteroatoms. The Morgan fingerprint density at radius 1 is 1.10 bits per heavy atom. The average molecular weight is 416 g/mol. The number of piperidine rings is 1. The molecule has 8 nitrogen and oxygen atoms in total. The van der Waals surface area contributed by atoms with E-state index in [9.17, 15) is 9.59 Å². The molecular formula is C22H33N5O3. The lowest BCUT2D eigenvalue weighted by molar-refractivity contribution is 0.00294. The van der Waals surface area contributed by atoms with Crippen molar-refractivity contribution in [2.24, 2.45) is 0 Å². The molecule has 1 aromatic rings. The van der Waals surface area contributed by atoms with Crippen molar-refractivity contribution < 1.29 is 14.3 Å². The fourth-order valence-corrected chi connectivity index (χ4v) is 4.66. The second-order valence-electron chi connectivity index (χ2n) is 8.95. The third kappa shape index (κ3) is 4.59. The van der Waals surface area contributed by atoms with Crippen LogP contribution in [0, 0.1) is 0 Å². The van der Waals surface area contributed by atoms with E-state index in [0.717, 1.165) is 32.7 Å².